The Morgan fingerprint density at radius 3 is 3.07 bits per heavy atom. The third kappa shape index (κ3) is 3.56. The van der Waals surface area contributed by atoms with Crippen molar-refractivity contribution in [2.24, 2.45) is 0 Å². The van der Waals surface area contributed by atoms with E-state index < -0.39 is 0 Å². The molecule has 0 radical (unpaired) electrons. The van der Waals surface area contributed by atoms with Crippen molar-refractivity contribution in [2.45, 2.75) is 25.8 Å². The predicted molar refractivity (Wildman–Crippen MR) is 63.5 cm³/mol. The van der Waals surface area contributed by atoms with Gasteiger partial charge in [0.1, 0.15) is 0 Å². The van der Waals surface area contributed by atoms with E-state index in [1.807, 2.05) is 13.0 Å². The highest BCUT2D eigenvalue weighted by atomic mass is 79.9. The van der Waals surface area contributed by atoms with Crippen LogP contribution in [0.5, 0.6) is 0 Å². The average molecular weight is 260 g/mol. The summed E-state index contributed by atoms with van der Waals surface area (Å²) in [6, 6.07) is 0.379. The van der Waals surface area contributed by atoms with Crippen molar-refractivity contribution in [3.8, 4) is 0 Å². The third-order valence-corrected chi connectivity index (χ3v) is 3.32. The summed E-state index contributed by atoms with van der Waals surface area (Å²) in [4.78, 5) is 2.33. The molecule has 1 aliphatic heterocycles. The Morgan fingerprint density at radius 1 is 1.64 bits per heavy atom. The molecule has 0 aromatic carbocycles. The van der Waals surface area contributed by atoms with E-state index in [0.717, 1.165) is 24.0 Å². The van der Waals surface area contributed by atoms with E-state index in [2.05, 4.69) is 33.0 Å². The molecule has 0 aliphatic carbocycles. The minimum absolute atomic E-state index is 0.290. The Hall–Kier alpha value is -0.120. The van der Waals surface area contributed by atoms with Crippen molar-refractivity contribution in [2.75, 3.05) is 19.7 Å². The van der Waals surface area contributed by atoms with Crippen molar-refractivity contribution >= 4 is 15.9 Å². The second-order valence-corrected chi connectivity index (χ2v) is 4.47. The zero-order chi connectivity index (χ0) is 10.4. The van der Waals surface area contributed by atoms with Crippen LogP contribution in [0, 0.1) is 0 Å². The zero-order valence-electron chi connectivity index (χ0n) is 8.62. The van der Waals surface area contributed by atoms with Crippen LogP contribution in [0.1, 0.15) is 19.8 Å². The van der Waals surface area contributed by atoms with E-state index in [1.54, 1.807) is 0 Å². The fourth-order valence-corrected chi connectivity index (χ4v) is 1.93. The molecule has 14 heavy (non-hydrogen) atoms. The Balaban J connectivity index is 2.33. The number of nitrogens with zero attached hydrogens (tertiary/aromatic N) is 1. The molecule has 0 bridgehead atoms. The minimum Gasteiger partial charge on any atom is -0.395 e. The molecule has 1 aliphatic rings. The number of hydrogen-bond acceptors (Lipinski definition) is 2. The summed E-state index contributed by atoms with van der Waals surface area (Å²) in [5.41, 5.74) is 0. The van der Waals surface area contributed by atoms with Gasteiger partial charge in [-0.05, 0) is 26.3 Å². The van der Waals surface area contributed by atoms with Gasteiger partial charge in [-0.2, -0.15) is 0 Å². The molecule has 80 valence electrons. The van der Waals surface area contributed by atoms with Crippen molar-refractivity contribution in [1.82, 2.24) is 4.90 Å². The summed E-state index contributed by atoms with van der Waals surface area (Å²) in [7, 11) is 0. The fourth-order valence-electron chi connectivity index (χ4n) is 1.74. The normalized spacial score (nSPS) is 25.1. The molecule has 1 saturated heterocycles. The van der Waals surface area contributed by atoms with Crippen LogP contribution in [0.2, 0.25) is 0 Å². The molecular weight excluding hydrogens is 242 g/mol. The van der Waals surface area contributed by atoms with Crippen LogP contribution in [0.4, 0.5) is 0 Å². The van der Waals surface area contributed by atoms with Gasteiger partial charge >= 0.3 is 0 Å². The number of rotatable bonds is 4. The number of halogens is 1. The number of aliphatic hydroxyl groups is 1. The van der Waals surface area contributed by atoms with Gasteiger partial charge in [-0.25, -0.2) is 0 Å². The van der Waals surface area contributed by atoms with Gasteiger partial charge in [-0.15, -0.1) is 0 Å². The quantitative estimate of drug-likeness (QED) is 0.784. The van der Waals surface area contributed by atoms with E-state index >= 15 is 0 Å². The highest BCUT2D eigenvalue weighted by molar-refractivity contribution is 9.11. The van der Waals surface area contributed by atoms with Crippen LogP contribution >= 0.6 is 15.9 Å². The average Bonchev–Trinajstić information content (AvgIpc) is 2.65. The van der Waals surface area contributed by atoms with Crippen molar-refractivity contribution in [3.63, 3.8) is 0 Å². The standard InChI is InChI=1S/C11H18BrNO/c1-2-10(12)5-3-7-13-8-4-6-11(13)9-14/h2-3,5,11,14H,4,6-9H2,1H3/t11-/m0/s1. The monoisotopic (exact) mass is 259 g/mol. The molecule has 3 heteroatoms. The Kier molecular flexibility index (Phi) is 5.45. The highest BCUT2D eigenvalue weighted by Crippen LogP contribution is 2.16. The second-order valence-electron chi connectivity index (χ2n) is 3.55. The van der Waals surface area contributed by atoms with E-state index in [0.29, 0.717) is 12.6 Å². The van der Waals surface area contributed by atoms with Crippen LogP contribution in [0.3, 0.4) is 0 Å². The van der Waals surface area contributed by atoms with Crippen LogP contribution < -0.4 is 0 Å². The zero-order valence-corrected chi connectivity index (χ0v) is 10.2. The number of hydrogen-bond donors (Lipinski definition) is 1. The van der Waals surface area contributed by atoms with Crippen molar-refractivity contribution in [3.05, 3.63) is 22.7 Å². The molecule has 2 nitrogen and oxygen atoms in total. The maximum atomic E-state index is 9.10. The Morgan fingerprint density at radius 2 is 2.43 bits per heavy atom. The smallest absolute Gasteiger partial charge is 0.0587 e. The van der Waals surface area contributed by atoms with Gasteiger partial charge in [0.05, 0.1) is 6.61 Å². The van der Waals surface area contributed by atoms with Crippen LogP contribution in [0.25, 0.3) is 0 Å². The van der Waals surface area contributed by atoms with E-state index in [4.69, 9.17) is 5.11 Å². The van der Waals surface area contributed by atoms with Gasteiger partial charge in [0.2, 0.25) is 0 Å². The lowest BCUT2D eigenvalue weighted by molar-refractivity contribution is 0.170. The van der Waals surface area contributed by atoms with Crippen molar-refractivity contribution < 1.29 is 5.11 Å². The molecular formula is C11H18BrNO. The summed E-state index contributed by atoms with van der Waals surface area (Å²) in [5, 5.41) is 9.10. The lowest BCUT2D eigenvalue weighted by atomic mass is 10.2. The lowest BCUT2D eigenvalue weighted by Crippen LogP contribution is -2.32. The maximum Gasteiger partial charge on any atom is 0.0587 e. The van der Waals surface area contributed by atoms with E-state index in [1.165, 1.54) is 6.42 Å². The molecule has 1 atom stereocenters. The molecule has 0 amide bonds. The summed E-state index contributed by atoms with van der Waals surface area (Å²) >= 11 is 3.42. The lowest BCUT2D eigenvalue weighted by Gasteiger charge is -2.20. The SMILES string of the molecule is CC=C(Br)C=CCN1CCC[C@H]1CO. The van der Waals surface area contributed by atoms with Gasteiger partial charge in [0.25, 0.3) is 0 Å². The minimum atomic E-state index is 0.290. The molecule has 0 unspecified atom stereocenters. The molecule has 0 saturated carbocycles. The van der Waals surface area contributed by atoms with Gasteiger partial charge in [-0.3, -0.25) is 4.90 Å². The summed E-state index contributed by atoms with van der Waals surface area (Å²) in [6.45, 7) is 4.34. The molecule has 1 rings (SSSR count). The first kappa shape index (κ1) is 12.0. The molecule has 0 aromatic rings. The van der Waals surface area contributed by atoms with Gasteiger partial charge in [0.15, 0.2) is 0 Å². The van der Waals surface area contributed by atoms with Gasteiger partial charge in [0, 0.05) is 17.1 Å². The van der Waals surface area contributed by atoms with Crippen LogP contribution in [-0.2, 0) is 0 Å². The highest BCUT2D eigenvalue weighted by Gasteiger charge is 2.21. The van der Waals surface area contributed by atoms with E-state index in [-0.39, 0.29) is 0 Å². The number of allylic oxidation sites excluding steroid dienone is 3. The first-order chi connectivity index (χ1) is 6.77. The molecule has 0 aromatic heterocycles. The largest absolute Gasteiger partial charge is 0.395 e. The van der Waals surface area contributed by atoms with Crippen molar-refractivity contribution in [1.29, 1.82) is 0 Å². The molecule has 1 N–H and O–H groups in total. The van der Waals surface area contributed by atoms with Gasteiger partial charge < -0.3 is 5.11 Å². The second kappa shape index (κ2) is 6.38. The Bertz CT molecular complexity index is 225. The maximum absolute atomic E-state index is 9.10. The topological polar surface area (TPSA) is 23.5 Å². The third-order valence-electron chi connectivity index (χ3n) is 2.60. The van der Waals surface area contributed by atoms with Gasteiger partial charge in [-0.1, -0.05) is 34.2 Å². The first-order valence-electron chi connectivity index (χ1n) is 5.11. The molecule has 1 fully saturated rings. The van der Waals surface area contributed by atoms with Crippen LogP contribution in [0.15, 0.2) is 22.7 Å². The summed E-state index contributed by atoms with van der Waals surface area (Å²) in [6.07, 6.45) is 8.56. The van der Waals surface area contributed by atoms with E-state index in [9.17, 15) is 0 Å². The number of likely N-dealkylation sites (tertiary alicyclic amines) is 1. The molecule has 0 spiro atoms. The number of aliphatic hydroxyl groups excluding tert-OH is 1. The van der Waals surface area contributed by atoms with Crippen LogP contribution in [-0.4, -0.2) is 35.7 Å². The summed E-state index contributed by atoms with van der Waals surface area (Å²) < 4.78 is 1.11. The fraction of sp³-hybridized carbons (Fsp3) is 0.636. The summed E-state index contributed by atoms with van der Waals surface area (Å²) in [5.74, 6) is 0. The predicted octanol–water partition coefficient (Wildman–Crippen LogP) is 2.30. The first-order valence-corrected chi connectivity index (χ1v) is 5.90. The molecule has 1 heterocycles. The Labute approximate surface area is 94.4 Å².